The fraction of sp³-hybridized carbons (Fsp3) is 0.200. The fourth-order valence-corrected chi connectivity index (χ4v) is 6.79. The van der Waals surface area contributed by atoms with Gasteiger partial charge in [0.25, 0.3) is 5.56 Å². The number of aromatic nitrogens is 1. The van der Waals surface area contributed by atoms with Crippen LogP contribution in [0.5, 0.6) is 11.5 Å². The normalized spacial score (nSPS) is 16.5. The quantitative estimate of drug-likeness (QED) is 0.318. The van der Waals surface area contributed by atoms with Crippen molar-refractivity contribution in [2.45, 2.75) is 25.8 Å². The van der Waals surface area contributed by atoms with Crippen LogP contribution in [0.3, 0.4) is 0 Å². The van der Waals surface area contributed by atoms with Crippen molar-refractivity contribution in [3.8, 4) is 11.5 Å². The van der Waals surface area contributed by atoms with E-state index in [0.717, 1.165) is 38.9 Å². The van der Waals surface area contributed by atoms with Gasteiger partial charge in [0.15, 0.2) is 16.3 Å². The van der Waals surface area contributed by atoms with Crippen LogP contribution in [0.25, 0.3) is 11.8 Å². The number of benzene rings is 3. The van der Waals surface area contributed by atoms with Gasteiger partial charge in [-0.2, -0.15) is 0 Å². The highest BCUT2D eigenvalue weighted by Gasteiger charge is 2.32. The van der Waals surface area contributed by atoms with Crippen molar-refractivity contribution in [2.24, 2.45) is 4.99 Å². The first-order valence-electron chi connectivity index (χ1n) is 12.3. The van der Waals surface area contributed by atoms with E-state index in [1.807, 2.05) is 47.9 Å². The average Bonchev–Trinajstić information content (AvgIpc) is 3.23. The minimum absolute atomic E-state index is 0.0352. The summed E-state index contributed by atoms with van der Waals surface area (Å²) in [6.45, 7) is 2.46. The lowest BCUT2D eigenvalue weighted by Gasteiger charge is -2.30. The first-order valence-corrected chi connectivity index (χ1v) is 13.9. The topological polar surface area (TPSA) is 52.8 Å². The maximum Gasteiger partial charge on any atom is 0.271 e. The Kier molecular flexibility index (Phi) is 6.34. The Morgan fingerprint density at radius 2 is 1.89 bits per heavy atom. The standard InChI is InChI=1S/C30H25BrN2O3S/c1-3-36-28-23(31)15-18(16-24(28)35-2)17-25-29(34)33-27(20-10-5-4-6-11-20)22-14-13-19-9-7-8-12-21(19)26(22)32-30(33)37-25/h4-12,15-17,27H,3,13-14H2,1-2H3/b25-17-/t27-/m0/s1. The minimum atomic E-state index is -0.176. The van der Waals surface area contributed by atoms with E-state index >= 15 is 0 Å². The van der Waals surface area contributed by atoms with Gasteiger partial charge in [-0.05, 0) is 76.2 Å². The number of nitrogens with zero attached hydrogens (tertiary/aromatic N) is 2. The van der Waals surface area contributed by atoms with Gasteiger partial charge in [0.1, 0.15) is 0 Å². The molecule has 0 radical (unpaired) electrons. The molecule has 1 aromatic heterocycles. The molecule has 7 heteroatoms. The molecule has 2 heterocycles. The largest absolute Gasteiger partial charge is 0.493 e. The van der Waals surface area contributed by atoms with Crippen LogP contribution in [0.4, 0.5) is 0 Å². The average molecular weight is 574 g/mol. The lowest BCUT2D eigenvalue weighted by atomic mass is 9.83. The number of allylic oxidation sites excluding steroid dienone is 1. The van der Waals surface area contributed by atoms with E-state index in [1.54, 1.807) is 7.11 Å². The third-order valence-electron chi connectivity index (χ3n) is 6.83. The molecule has 0 N–H and O–H groups in total. The molecule has 2 aliphatic rings. The number of ether oxygens (including phenoxy) is 2. The summed E-state index contributed by atoms with van der Waals surface area (Å²) in [4.78, 5) is 19.7. The van der Waals surface area contributed by atoms with Crippen molar-refractivity contribution in [3.63, 3.8) is 0 Å². The SMILES string of the molecule is CCOc1c(Br)cc(/C=c2\sc3n(c2=O)[C@@H](c2ccccc2)C2=C(N=3)c3ccccc3CC2)cc1OC. The second kappa shape index (κ2) is 9.80. The van der Waals surface area contributed by atoms with E-state index in [0.29, 0.717) is 22.6 Å². The van der Waals surface area contributed by atoms with Gasteiger partial charge in [0, 0.05) is 5.56 Å². The summed E-state index contributed by atoms with van der Waals surface area (Å²) >= 11 is 5.02. The Morgan fingerprint density at radius 3 is 2.68 bits per heavy atom. The first kappa shape index (κ1) is 23.9. The van der Waals surface area contributed by atoms with Gasteiger partial charge in [-0.3, -0.25) is 9.36 Å². The van der Waals surface area contributed by atoms with Crippen LogP contribution in [-0.2, 0) is 6.42 Å². The fourth-order valence-electron chi connectivity index (χ4n) is 5.22. The molecule has 3 aromatic carbocycles. The van der Waals surface area contributed by atoms with Crippen LogP contribution in [0.1, 0.15) is 41.6 Å². The van der Waals surface area contributed by atoms with Crippen molar-refractivity contribution in [2.75, 3.05) is 13.7 Å². The Morgan fingerprint density at radius 1 is 1.11 bits per heavy atom. The number of hydrogen-bond donors (Lipinski definition) is 0. The molecule has 5 nitrogen and oxygen atoms in total. The van der Waals surface area contributed by atoms with Crippen molar-refractivity contribution in [3.05, 3.63) is 119 Å². The number of rotatable bonds is 5. The van der Waals surface area contributed by atoms with Crippen molar-refractivity contribution in [1.82, 2.24) is 4.57 Å². The smallest absolute Gasteiger partial charge is 0.271 e. The molecular weight excluding hydrogens is 548 g/mol. The Bertz CT molecular complexity index is 1720. The monoisotopic (exact) mass is 572 g/mol. The molecule has 1 aliphatic carbocycles. The van der Waals surface area contributed by atoms with Gasteiger partial charge >= 0.3 is 0 Å². The predicted octanol–water partition coefficient (Wildman–Crippen LogP) is 5.49. The Hall–Kier alpha value is -3.42. The Balaban J connectivity index is 1.57. The van der Waals surface area contributed by atoms with E-state index in [4.69, 9.17) is 14.5 Å². The van der Waals surface area contributed by atoms with Crippen LogP contribution in [0.2, 0.25) is 0 Å². The van der Waals surface area contributed by atoms with Crippen molar-refractivity contribution >= 4 is 39.0 Å². The van der Waals surface area contributed by atoms with Gasteiger partial charge in [0.05, 0.1) is 34.5 Å². The van der Waals surface area contributed by atoms with Gasteiger partial charge in [-0.1, -0.05) is 65.9 Å². The van der Waals surface area contributed by atoms with Crippen LogP contribution in [-0.4, -0.2) is 18.3 Å². The number of hydrogen-bond acceptors (Lipinski definition) is 5. The molecule has 37 heavy (non-hydrogen) atoms. The first-order chi connectivity index (χ1) is 18.1. The summed E-state index contributed by atoms with van der Waals surface area (Å²) in [5, 5.41) is 0. The molecule has 1 atom stereocenters. The number of halogens is 1. The van der Waals surface area contributed by atoms with Crippen LogP contribution in [0, 0.1) is 0 Å². The lowest BCUT2D eigenvalue weighted by Crippen LogP contribution is -2.38. The molecule has 0 bridgehead atoms. The summed E-state index contributed by atoms with van der Waals surface area (Å²) < 4.78 is 14.6. The van der Waals surface area contributed by atoms with Crippen molar-refractivity contribution < 1.29 is 9.47 Å². The van der Waals surface area contributed by atoms with E-state index < -0.39 is 0 Å². The highest BCUT2D eigenvalue weighted by atomic mass is 79.9. The zero-order valence-electron chi connectivity index (χ0n) is 20.5. The number of aryl methyl sites for hydroxylation is 1. The molecule has 0 amide bonds. The zero-order chi connectivity index (χ0) is 25.5. The molecule has 0 spiro atoms. The van der Waals surface area contributed by atoms with Crippen LogP contribution >= 0.6 is 27.3 Å². The second-order valence-corrected chi connectivity index (χ2v) is 10.9. The highest BCUT2D eigenvalue weighted by molar-refractivity contribution is 9.10. The highest BCUT2D eigenvalue weighted by Crippen LogP contribution is 2.41. The minimum Gasteiger partial charge on any atom is -0.493 e. The third kappa shape index (κ3) is 4.16. The summed E-state index contributed by atoms with van der Waals surface area (Å²) in [5.74, 6) is 1.27. The lowest BCUT2D eigenvalue weighted by molar-refractivity contribution is 0.309. The van der Waals surface area contributed by atoms with Gasteiger partial charge in [-0.25, -0.2) is 4.99 Å². The summed E-state index contributed by atoms with van der Waals surface area (Å²) in [5.41, 5.74) is 6.60. The molecule has 1 aliphatic heterocycles. The number of fused-ring (bicyclic) bond motifs is 3. The van der Waals surface area contributed by atoms with Gasteiger partial charge in [-0.15, -0.1) is 0 Å². The van der Waals surface area contributed by atoms with Crippen LogP contribution < -0.4 is 24.4 Å². The van der Waals surface area contributed by atoms with Crippen molar-refractivity contribution in [1.29, 1.82) is 0 Å². The molecule has 0 fully saturated rings. The van der Waals surface area contributed by atoms with Crippen LogP contribution in [0.15, 0.2) is 86.6 Å². The van der Waals surface area contributed by atoms with E-state index in [1.165, 1.54) is 28.0 Å². The predicted molar refractivity (Wildman–Crippen MR) is 151 cm³/mol. The van der Waals surface area contributed by atoms with E-state index in [-0.39, 0.29) is 11.6 Å². The van der Waals surface area contributed by atoms with Gasteiger partial charge in [0.2, 0.25) is 0 Å². The summed E-state index contributed by atoms with van der Waals surface area (Å²) in [6, 6.07) is 22.4. The number of thiazole rings is 1. The third-order valence-corrected chi connectivity index (χ3v) is 8.40. The zero-order valence-corrected chi connectivity index (χ0v) is 22.9. The molecule has 0 saturated heterocycles. The second-order valence-electron chi connectivity index (χ2n) is 8.99. The maximum atomic E-state index is 13.9. The molecule has 186 valence electrons. The molecule has 6 rings (SSSR count). The summed E-state index contributed by atoms with van der Waals surface area (Å²) in [7, 11) is 1.62. The summed E-state index contributed by atoms with van der Waals surface area (Å²) in [6.07, 6.45) is 3.73. The molecular formula is C30H25BrN2O3S. The maximum absolute atomic E-state index is 13.9. The van der Waals surface area contributed by atoms with Gasteiger partial charge < -0.3 is 9.47 Å². The molecule has 0 saturated carbocycles. The number of methoxy groups -OCH3 is 1. The molecule has 0 unspecified atom stereocenters. The Labute approximate surface area is 227 Å². The molecule has 4 aromatic rings. The van der Waals surface area contributed by atoms with E-state index in [9.17, 15) is 4.79 Å². The van der Waals surface area contributed by atoms with E-state index in [2.05, 4.69) is 52.3 Å².